The van der Waals surface area contributed by atoms with E-state index in [2.05, 4.69) is 28.1 Å². The molecule has 0 radical (unpaired) electrons. The van der Waals surface area contributed by atoms with Gasteiger partial charge in [0, 0.05) is 26.6 Å². The number of hydrogen-bond acceptors (Lipinski definition) is 1. The molecule has 0 spiro atoms. The van der Waals surface area contributed by atoms with E-state index in [9.17, 15) is 4.79 Å². The van der Waals surface area contributed by atoms with Crippen LogP contribution in [0, 0.1) is 13.0 Å². The van der Waals surface area contributed by atoms with Gasteiger partial charge in [-0.15, -0.1) is 27.1 Å². The number of nitrogens with two attached hydrogens (primary N) is 1. The Labute approximate surface area is 135 Å². The van der Waals surface area contributed by atoms with Gasteiger partial charge in [0.15, 0.2) is 0 Å². The summed E-state index contributed by atoms with van der Waals surface area (Å²) in [6, 6.07) is 14.6. The van der Waals surface area contributed by atoms with Gasteiger partial charge >= 0.3 is 0 Å². The number of amides is 1. The molecule has 4 heteroatoms. The van der Waals surface area contributed by atoms with Crippen LogP contribution in [-0.4, -0.2) is 5.91 Å². The average Bonchev–Trinajstić information content (AvgIpc) is 2.38. The van der Waals surface area contributed by atoms with Crippen molar-refractivity contribution in [2.45, 2.75) is 12.3 Å². The van der Waals surface area contributed by atoms with Crippen LogP contribution in [0.5, 0.6) is 0 Å². The predicted molar refractivity (Wildman–Crippen MR) is 76.6 cm³/mol. The molecule has 0 atom stereocenters. The Balaban J connectivity index is 0.00000180. The van der Waals surface area contributed by atoms with Crippen LogP contribution in [0.3, 0.4) is 0 Å². The molecule has 0 aliphatic carbocycles. The van der Waals surface area contributed by atoms with Crippen LogP contribution in [0.2, 0.25) is 0 Å². The van der Waals surface area contributed by atoms with Crippen molar-refractivity contribution in [3.63, 3.8) is 0 Å². The van der Waals surface area contributed by atoms with Gasteiger partial charge in [-0.05, 0) is 24.4 Å². The Hall–Kier alpha value is -0.922. The Morgan fingerprint density at radius 3 is 2.63 bits per heavy atom. The molecule has 0 saturated heterocycles. The number of rotatable bonds is 3. The molecule has 0 saturated carbocycles. The molecule has 2 N–H and O–H groups in total. The second-order valence-electron chi connectivity index (χ2n) is 4.16. The number of carbonyl (C=O) groups is 1. The maximum absolute atomic E-state index is 11.1. The zero-order valence-electron chi connectivity index (χ0n) is 10.4. The molecule has 0 aliphatic rings. The predicted octanol–water partition coefficient (Wildman–Crippen LogP) is 3.45. The molecule has 0 aliphatic heterocycles. The SMILES string of the molecule is Cc1cc(C(N)=O)ccc1-c1c[c-]cc(CBr)c1.[Mo]. The maximum atomic E-state index is 11.1. The molecule has 0 heterocycles. The number of primary amides is 1. The number of carbonyl (C=O) groups excluding carboxylic acids is 1. The van der Waals surface area contributed by atoms with Gasteiger partial charge < -0.3 is 5.73 Å². The van der Waals surface area contributed by atoms with Crippen LogP contribution in [0.4, 0.5) is 0 Å². The summed E-state index contributed by atoms with van der Waals surface area (Å²) < 4.78 is 0. The fourth-order valence-electron chi connectivity index (χ4n) is 1.90. The summed E-state index contributed by atoms with van der Waals surface area (Å²) in [6.45, 7) is 1.97. The second-order valence-corrected chi connectivity index (χ2v) is 4.72. The fraction of sp³-hybridized carbons (Fsp3) is 0.133. The van der Waals surface area contributed by atoms with Crippen molar-refractivity contribution in [3.8, 4) is 11.1 Å². The van der Waals surface area contributed by atoms with Gasteiger partial charge in [-0.3, -0.25) is 4.79 Å². The van der Waals surface area contributed by atoms with Gasteiger partial charge in [-0.1, -0.05) is 17.2 Å². The number of alkyl halides is 1. The van der Waals surface area contributed by atoms with Crippen molar-refractivity contribution in [1.29, 1.82) is 0 Å². The van der Waals surface area contributed by atoms with E-state index in [1.54, 1.807) is 6.07 Å². The smallest absolute Gasteiger partial charge is 0.248 e. The normalized spacial score (nSPS) is 9.79. The first-order valence-corrected chi connectivity index (χ1v) is 6.71. The average molecular weight is 399 g/mol. The van der Waals surface area contributed by atoms with Crippen LogP contribution >= 0.6 is 15.9 Å². The summed E-state index contributed by atoms with van der Waals surface area (Å²) in [6.07, 6.45) is 0. The quantitative estimate of drug-likeness (QED) is 0.480. The molecule has 0 bridgehead atoms. The van der Waals surface area contributed by atoms with Crippen LogP contribution in [0.25, 0.3) is 11.1 Å². The van der Waals surface area contributed by atoms with Gasteiger partial charge in [0.1, 0.15) is 0 Å². The molecule has 19 heavy (non-hydrogen) atoms. The van der Waals surface area contributed by atoms with Crippen LogP contribution in [-0.2, 0) is 26.4 Å². The van der Waals surface area contributed by atoms with E-state index in [4.69, 9.17) is 5.73 Å². The second kappa shape index (κ2) is 7.02. The van der Waals surface area contributed by atoms with E-state index in [-0.39, 0.29) is 21.1 Å². The summed E-state index contributed by atoms with van der Waals surface area (Å²) in [5.74, 6) is -0.398. The molecule has 0 aromatic heterocycles. The molecule has 2 rings (SSSR count). The summed E-state index contributed by atoms with van der Waals surface area (Å²) >= 11 is 3.43. The topological polar surface area (TPSA) is 43.1 Å². The van der Waals surface area contributed by atoms with Gasteiger partial charge in [-0.2, -0.15) is 24.3 Å². The number of halogens is 1. The van der Waals surface area contributed by atoms with Gasteiger partial charge in [-0.25, -0.2) is 0 Å². The molecule has 98 valence electrons. The van der Waals surface area contributed by atoms with Gasteiger partial charge in [0.25, 0.3) is 0 Å². The molecule has 2 aromatic rings. The first kappa shape index (κ1) is 16.1. The van der Waals surface area contributed by atoms with Crippen molar-refractivity contribution >= 4 is 21.8 Å². The molecule has 1 amide bonds. The number of aryl methyl sites for hydroxylation is 1. The van der Waals surface area contributed by atoms with E-state index in [0.717, 1.165) is 22.0 Å². The minimum absolute atomic E-state index is 0. The molecule has 0 fully saturated rings. The number of hydrogen-bond donors (Lipinski definition) is 1. The standard InChI is InChI=1S/C15H13BrNO.Mo/c1-10-7-13(15(17)18)5-6-14(10)12-4-2-3-11(8-12)9-16;/h3-8H,9H2,1H3,(H2,17,18);/q-1;. The first-order valence-electron chi connectivity index (χ1n) is 5.58. The van der Waals surface area contributed by atoms with Gasteiger partial charge in [0.05, 0.1) is 0 Å². The van der Waals surface area contributed by atoms with E-state index < -0.39 is 5.91 Å². The molecule has 2 aromatic carbocycles. The summed E-state index contributed by atoms with van der Waals surface area (Å²) in [5, 5.41) is 0.801. The maximum Gasteiger partial charge on any atom is 0.248 e. The zero-order chi connectivity index (χ0) is 13.1. The van der Waals surface area contributed by atoms with Crippen molar-refractivity contribution in [2.75, 3.05) is 0 Å². The largest absolute Gasteiger partial charge is 0.366 e. The third-order valence-electron chi connectivity index (χ3n) is 2.82. The van der Waals surface area contributed by atoms with Crippen LogP contribution < -0.4 is 5.73 Å². The molecule has 0 unspecified atom stereocenters. The monoisotopic (exact) mass is 400 g/mol. The molecular weight excluding hydrogens is 386 g/mol. The van der Waals surface area contributed by atoms with Crippen molar-refractivity contribution < 1.29 is 25.9 Å². The Kier molecular flexibility index (Phi) is 5.96. The van der Waals surface area contributed by atoms with E-state index in [0.29, 0.717) is 5.56 Å². The minimum atomic E-state index is -0.398. The third kappa shape index (κ3) is 3.77. The summed E-state index contributed by atoms with van der Waals surface area (Å²) in [5.41, 5.74) is 10.2. The van der Waals surface area contributed by atoms with Crippen molar-refractivity contribution in [1.82, 2.24) is 0 Å². The number of benzene rings is 2. The van der Waals surface area contributed by atoms with Crippen LogP contribution in [0.1, 0.15) is 21.5 Å². The summed E-state index contributed by atoms with van der Waals surface area (Å²) in [7, 11) is 0. The van der Waals surface area contributed by atoms with Crippen LogP contribution in [0.15, 0.2) is 36.4 Å². The van der Waals surface area contributed by atoms with E-state index in [1.165, 1.54) is 5.56 Å². The molecular formula is C15H13BrMoNO-. The van der Waals surface area contributed by atoms with E-state index >= 15 is 0 Å². The van der Waals surface area contributed by atoms with Gasteiger partial charge in [0.2, 0.25) is 5.91 Å². The first-order chi connectivity index (χ1) is 8.61. The Bertz CT molecular complexity index is 598. The fourth-order valence-corrected chi connectivity index (χ4v) is 2.22. The minimum Gasteiger partial charge on any atom is -0.366 e. The van der Waals surface area contributed by atoms with E-state index in [1.807, 2.05) is 31.2 Å². The Morgan fingerprint density at radius 1 is 1.32 bits per heavy atom. The molecule has 2 nitrogen and oxygen atoms in total. The summed E-state index contributed by atoms with van der Waals surface area (Å²) in [4.78, 5) is 11.1. The Morgan fingerprint density at radius 2 is 2.05 bits per heavy atom. The van der Waals surface area contributed by atoms with Crippen molar-refractivity contribution in [3.05, 3.63) is 59.2 Å². The third-order valence-corrected chi connectivity index (χ3v) is 3.47. The van der Waals surface area contributed by atoms with Crippen molar-refractivity contribution in [2.24, 2.45) is 5.73 Å². The zero-order valence-corrected chi connectivity index (χ0v) is 14.0.